The number of rotatable bonds is 8. The number of hydrogen-bond donors (Lipinski definition) is 1. The molecule has 1 aliphatic carbocycles. The van der Waals surface area contributed by atoms with Gasteiger partial charge >= 0.3 is 0 Å². The minimum Gasteiger partial charge on any atom is -0.325 e. The minimum absolute atomic E-state index is 0.0906. The van der Waals surface area contributed by atoms with Gasteiger partial charge < -0.3 is 9.88 Å². The van der Waals surface area contributed by atoms with Gasteiger partial charge in [-0.3, -0.25) is 14.2 Å². The van der Waals surface area contributed by atoms with E-state index in [9.17, 15) is 9.59 Å². The number of amides is 1. The molecule has 1 amide bonds. The van der Waals surface area contributed by atoms with Crippen LogP contribution in [0.25, 0.3) is 32.5 Å². The Morgan fingerprint density at radius 1 is 0.930 bits per heavy atom. The highest BCUT2D eigenvalue weighted by molar-refractivity contribution is 8.01. The largest absolute Gasteiger partial charge is 0.325 e. The van der Waals surface area contributed by atoms with E-state index in [-0.39, 0.29) is 17.6 Å². The van der Waals surface area contributed by atoms with E-state index in [2.05, 4.69) is 33.7 Å². The molecule has 3 heterocycles. The predicted octanol–water partition coefficient (Wildman–Crippen LogP) is 7.09. The summed E-state index contributed by atoms with van der Waals surface area (Å²) in [5.74, 6) is 1.26. The molecule has 0 radical (unpaired) electrons. The van der Waals surface area contributed by atoms with Crippen LogP contribution >= 0.6 is 34.9 Å². The van der Waals surface area contributed by atoms with Gasteiger partial charge in [0.15, 0.2) is 15.3 Å². The molecular formula is C32H28N6O2S3. The zero-order chi connectivity index (χ0) is 29.3. The third kappa shape index (κ3) is 5.60. The number of para-hydroxylation sites is 1. The summed E-state index contributed by atoms with van der Waals surface area (Å²) >= 11 is 4.35. The van der Waals surface area contributed by atoms with Gasteiger partial charge in [0.1, 0.15) is 0 Å². The second-order valence-corrected chi connectivity index (χ2v) is 13.6. The van der Waals surface area contributed by atoms with Crippen molar-refractivity contribution in [3.8, 4) is 11.4 Å². The fourth-order valence-electron chi connectivity index (χ4n) is 5.62. The van der Waals surface area contributed by atoms with E-state index in [1.165, 1.54) is 57.9 Å². The summed E-state index contributed by atoms with van der Waals surface area (Å²) in [6.07, 6.45) is 4.28. The Labute approximate surface area is 260 Å². The quantitative estimate of drug-likeness (QED) is 0.181. The van der Waals surface area contributed by atoms with E-state index < -0.39 is 0 Å². The third-order valence-corrected chi connectivity index (χ3v) is 10.8. The lowest BCUT2D eigenvalue weighted by atomic mass is 9.96. The summed E-state index contributed by atoms with van der Waals surface area (Å²) in [6.45, 7) is 0. The summed E-state index contributed by atoms with van der Waals surface area (Å²) in [6, 6.07) is 23.8. The van der Waals surface area contributed by atoms with Crippen LogP contribution in [0.1, 0.15) is 28.9 Å². The number of hydrogen-bond acceptors (Lipinski definition) is 8. The van der Waals surface area contributed by atoms with Gasteiger partial charge in [-0.15, -0.1) is 21.5 Å². The fourth-order valence-corrected chi connectivity index (χ4v) is 8.29. The monoisotopic (exact) mass is 624 g/mol. The predicted molar refractivity (Wildman–Crippen MR) is 175 cm³/mol. The summed E-state index contributed by atoms with van der Waals surface area (Å²) in [5.41, 5.74) is 6.06. The lowest BCUT2D eigenvalue weighted by Crippen LogP contribution is -2.18. The Bertz CT molecular complexity index is 1980. The van der Waals surface area contributed by atoms with Crippen molar-refractivity contribution in [2.75, 3.05) is 16.8 Å². The molecular weight excluding hydrogens is 597 g/mol. The first kappa shape index (κ1) is 27.9. The maximum absolute atomic E-state index is 13.5. The van der Waals surface area contributed by atoms with Crippen LogP contribution in [0.15, 0.2) is 82.3 Å². The highest BCUT2D eigenvalue weighted by atomic mass is 32.2. The van der Waals surface area contributed by atoms with Gasteiger partial charge in [-0.2, -0.15) is 0 Å². The van der Waals surface area contributed by atoms with Crippen molar-refractivity contribution < 1.29 is 9.59 Å². The molecule has 216 valence electrons. The van der Waals surface area contributed by atoms with Crippen LogP contribution in [-0.2, 0) is 24.7 Å². The third-order valence-electron chi connectivity index (χ3n) is 7.60. The summed E-state index contributed by atoms with van der Waals surface area (Å²) in [7, 11) is 1.90. The van der Waals surface area contributed by atoms with E-state index in [1.54, 1.807) is 0 Å². The van der Waals surface area contributed by atoms with Crippen molar-refractivity contribution in [2.45, 2.75) is 35.2 Å². The van der Waals surface area contributed by atoms with Gasteiger partial charge in [0.2, 0.25) is 11.8 Å². The van der Waals surface area contributed by atoms with Crippen LogP contribution < -0.4 is 5.32 Å². The van der Waals surface area contributed by atoms with Gasteiger partial charge in [-0.05, 0) is 55.5 Å². The molecule has 0 unspecified atom stereocenters. The number of thioether (sulfide) groups is 2. The van der Waals surface area contributed by atoms with E-state index >= 15 is 0 Å². The Kier molecular flexibility index (Phi) is 7.77. The van der Waals surface area contributed by atoms with E-state index in [1.807, 2.05) is 70.8 Å². The number of nitrogens with one attached hydrogen (secondary N) is 1. The second-order valence-electron chi connectivity index (χ2n) is 10.4. The number of fused-ring (bicyclic) bond motifs is 4. The Hall–Kier alpha value is -3.93. The van der Waals surface area contributed by atoms with Crippen LogP contribution in [0.3, 0.4) is 0 Å². The van der Waals surface area contributed by atoms with Crippen LogP contribution in [-0.4, -0.2) is 47.6 Å². The molecule has 1 N–H and O–H groups in total. The van der Waals surface area contributed by atoms with Crippen molar-refractivity contribution in [3.05, 3.63) is 84.1 Å². The standard InChI is InChI=1S/C32H28N6O2S3/c1-37-30(20-9-3-2-4-10-20)35-36-31(37)41-18-28(39)33-21-15-16-24-27(17-21)43-32(34-24)42-19-29(40)38-25-13-7-5-11-22(25)23-12-6-8-14-26(23)38/h2-5,7,9-11,13,15-17H,6,8,12,14,18-19H2,1H3,(H,33,39). The van der Waals surface area contributed by atoms with Crippen molar-refractivity contribution in [1.29, 1.82) is 0 Å². The lowest BCUT2D eigenvalue weighted by molar-refractivity contribution is -0.113. The second kappa shape index (κ2) is 12.0. The Morgan fingerprint density at radius 3 is 2.63 bits per heavy atom. The highest BCUT2D eigenvalue weighted by Gasteiger charge is 2.23. The smallest absolute Gasteiger partial charge is 0.241 e. The van der Waals surface area contributed by atoms with Gasteiger partial charge in [0.05, 0.1) is 27.2 Å². The molecule has 3 aromatic carbocycles. The molecule has 43 heavy (non-hydrogen) atoms. The van der Waals surface area contributed by atoms with Gasteiger partial charge in [0, 0.05) is 29.4 Å². The normalized spacial score (nSPS) is 13.0. The first-order valence-electron chi connectivity index (χ1n) is 14.1. The molecule has 0 bridgehead atoms. The Balaban J connectivity index is 0.991. The average Bonchev–Trinajstić information content (AvgIpc) is 3.72. The first-order chi connectivity index (χ1) is 21.0. The zero-order valence-electron chi connectivity index (χ0n) is 23.4. The molecule has 0 fully saturated rings. The zero-order valence-corrected chi connectivity index (χ0v) is 25.9. The van der Waals surface area contributed by atoms with Crippen LogP contribution in [0, 0.1) is 0 Å². The summed E-state index contributed by atoms with van der Waals surface area (Å²) in [4.78, 5) is 31.0. The number of nitrogens with zero attached hydrogens (tertiary/aromatic N) is 5. The number of thiazole rings is 1. The van der Waals surface area contributed by atoms with Crippen LogP contribution in [0.4, 0.5) is 5.69 Å². The lowest BCUT2D eigenvalue weighted by Gasteiger charge is -2.14. The van der Waals surface area contributed by atoms with E-state index in [0.29, 0.717) is 16.6 Å². The number of aryl methyl sites for hydroxylation is 1. The van der Waals surface area contributed by atoms with Gasteiger partial charge in [-0.25, -0.2) is 4.98 Å². The highest BCUT2D eigenvalue weighted by Crippen LogP contribution is 2.35. The molecule has 0 saturated carbocycles. The van der Waals surface area contributed by atoms with Crippen molar-refractivity contribution in [2.24, 2.45) is 7.05 Å². The molecule has 8 nitrogen and oxygen atoms in total. The molecule has 6 aromatic rings. The number of anilines is 1. The van der Waals surface area contributed by atoms with E-state index in [0.717, 1.165) is 50.7 Å². The molecule has 3 aromatic heterocycles. The van der Waals surface area contributed by atoms with Gasteiger partial charge in [0.25, 0.3) is 0 Å². The summed E-state index contributed by atoms with van der Waals surface area (Å²) in [5, 5.41) is 13.4. The molecule has 7 rings (SSSR count). The van der Waals surface area contributed by atoms with Crippen molar-refractivity contribution >= 4 is 73.5 Å². The molecule has 1 aliphatic rings. The van der Waals surface area contributed by atoms with Crippen LogP contribution in [0.2, 0.25) is 0 Å². The number of benzene rings is 3. The fraction of sp³-hybridized carbons (Fsp3) is 0.219. The van der Waals surface area contributed by atoms with Crippen molar-refractivity contribution in [3.63, 3.8) is 0 Å². The maximum Gasteiger partial charge on any atom is 0.241 e. The minimum atomic E-state index is -0.124. The average molecular weight is 625 g/mol. The molecule has 0 spiro atoms. The number of carbonyl (C=O) groups excluding carboxylic acids is 2. The maximum atomic E-state index is 13.5. The molecule has 11 heteroatoms. The number of aromatic nitrogens is 5. The SMILES string of the molecule is Cn1c(SCC(=O)Nc2ccc3nc(SCC(=O)n4c5c(c6ccccc64)CCCC5)sc3c2)nnc1-c1ccccc1. The van der Waals surface area contributed by atoms with Gasteiger partial charge in [-0.1, -0.05) is 72.1 Å². The van der Waals surface area contributed by atoms with Crippen LogP contribution in [0.5, 0.6) is 0 Å². The van der Waals surface area contributed by atoms with Crippen molar-refractivity contribution in [1.82, 2.24) is 24.3 Å². The van der Waals surface area contributed by atoms with E-state index in [4.69, 9.17) is 4.98 Å². The first-order valence-corrected chi connectivity index (χ1v) is 16.9. The summed E-state index contributed by atoms with van der Waals surface area (Å²) < 4.78 is 5.64. The topological polar surface area (TPSA) is 94.7 Å². The molecule has 0 aliphatic heterocycles. The molecule has 0 saturated heterocycles. The Morgan fingerprint density at radius 2 is 1.74 bits per heavy atom. The molecule has 0 atom stereocenters. The number of carbonyl (C=O) groups is 2.